The summed E-state index contributed by atoms with van der Waals surface area (Å²) in [5, 5.41) is 3.30. The molecule has 21 heavy (non-hydrogen) atoms. The van der Waals surface area contributed by atoms with Crippen molar-refractivity contribution in [1.82, 2.24) is 15.1 Å². The van der Waals surface area contributed by atoms with Crippen LogP contribution in [0.15, 0.2) is 4.99 Å². The lowest BCUT2D eigenvalue weighted by molar-refractivity contribution is -0.128. The highest BCUT2D eigenvalue weighted by molar-refractivity contribution is 5.85. The Morgan fingerprint density at radius 3 is 2.71 bits per heavy atom. The molecule has 1 N–H and O–H groups in total. The summed E-state index contributed by atoms with van der Waals surface area (Å²) in [5.74, 6) is 1.58. The number of nitrogens with zero attached hydrogens (tertiary/aromatic N) is 3. The predicted molar refractivity (Wildman–Crippen MR) is 83.3 cm³/mol. The van der Waals surface area contributed by atoms with Gasteiger partial charge in [-0.1, -0.05) is 0 Å². The average molecular weight is 296 g/mol. The minimum atomic E-state index is 0.149. The number of amides is 1. The number of ether oxygens (including phenoxy) is 1. The van der Waals surface area contributed by atoms with Crippen LogP contribution in [-0.4, -0.2) is 74.7 Å². The maximum absolute atomic E-state index is 12.1. The van der Waals surface area contributed by atoms with E-state index in [2.05, 4.69) is 22.1 Å². The van der Waals surface area contributed by atoms with Gasteiger partial charge in [-0.15, -0.1) is 0 Å². The molecule has 0 saturated carbocycles. The number of rotatable bonds is 5. The molecule has 2 aliphatic heterocycles. The highest BCUT2D eigenvalue weighted by Gasteiger charge is 2.25. The molecule has 1 unspecified atom stereocenters. The van der Waals surface area contributed by atoms with Crippen LogP contribution in [0.3, 0.4) is 0 Å². The first-order valence-corrected chi connectivity index (χ1v) is 8.04. The van der Waals surface area contributed by atoms with Crippen molar-refractivity contribution in [2.75, 3.05) is 53.0 Å². The van der Waals surface area contributed by atoms with E-state index in [0.717, 1.165) is 64.6 Å². The Balaban J connectivity index is 1.88. The van der Waals surface area contributed by atoms with Crippen molar-refractivity contribution in [2.45, 2.75) is 26.2 Å². The lowest BCUT2D eigenvalue weighted by Crippen LogP contribution is -2.41. The van der Waals surface area contributed by atoms with Crippen molar-refractivity contribution in [1.29, 1.82) is 0 Å². The van der Waals surface area contributed by atoms with Crippen LogP contribution in [0, 0.1) is 5.92 Å². The number of hydrogen-bond donors (Lipinski definition) is 1. The van der Waals surface area contributed by atoms with Crippen molar-refractivity contribution in [3.63, 3.8) is 0 Å². The number of methoxy groups -OCH3 is 1. The molecular formula is C15H28N4O2. The quantitative estimate of drug-likeness (QED) is 0.594. The third-order valence-corrected chi connectivity index (χ3v) is 4.15. The summed E-state index contributed by atoms with van der Waals surface area (Å²) in [7, 11) is 1.75. The molecule has 2 saturated heterocycles. The monoisotopic (exact) mass is 296 g/mol. The van der Waals surface area contributed by atoms with E-state index in [1.807, 2.05) is 4.90 Å². The zero-order valence-electron chi connectivity index (χ0n) is 13.3. The zero-order chi connectivity index (χ0) is 15.1. The molecular weight excluding hydrogens is 268 g/mol. The van der Waals surface area contributed by atoms with Crippen LogP contribution in [-0.2, 0) is 9.53 Å². The molecule has 6 heteroatoms. The molecule has 0 aliphatic carbocycles. The number of likely N-dealkylation sites (tertiary alicyclic amines) is 2. The van der Waals surface area contributed by atoms with Gasteiger partial charge in [0, 0.05) is 45.8 Å². The SMILES string of the molecule is CCNC(=NCC(=O)N1CCCC1)N1CCC(COC)C1. The van der Waals surface area contributed by atoms with E-state index >= 15 is 0 Å². The predicted octanol–water partition coefficient (Wildman–Crippen LogP) is 0.543. The summed E-state index contributed by atoms with van der Waals surface area (Å²) >= 11 is 0. The molecule has 2 rings (SSSR count). The molecule has 6 nitrogen and oxygen atoms in total. The van der Waals surface area contributed by atoms with Crippen LogP contribution in [0.2, 0.25) is 0 Å². The average Bonchev–Trinajstić information content (AvgIpc) is 3.14. The minimum Gasteiger partial charge on any atom is -0.384 e. The second kappa shape index (κ2) is 8.22. The topological polar surface area (TPSA) is 57.2 Å². The summed E-state index contributed by atoms with van der Waals surface area (Å²) in [6, 6.07) is 0. The van der Waals surface area contributed by atoms with Gasteiger partial charge in [0.2, 0.25) is 5.91 Å². The summed E-state index contributed by atoms with van der Waals surface area (Å²) in [5.41, 5.74) is 0. The molecule has 0 spiro atoms. The highest BCUT2D eigenvalue weighted by atomic mass is 16.5. The molecule has 2 heterocycles. The number of aliphatic imine (C=N–C) groups is 1. The van der Waals surface area contributed by atoms with Gasteiger partial charge in [0.1, 0.15) is 6.54 Å². The van der Waals surface area contributed by atoms with Crippen LogP contribution in [0.4, 0.5) is 0 Å². The largest absolute Gasteiger partial charge is 0.384 e. The summed E-state index contributed by atoms with van der Waals surface area (Å²) in [6.45, 7) is 7.66. The smallest absolute Gasteiger partial charge is 0.244 e. The summed E-state index contributed by atoms with van der Waals surface area (Å²) in [6.07, 6.45) is 3.37. The third-order valence-electron chi connectivity index (χ3n) is 4.15. The molecule has 2 fully saturated rings. The Bertz CT molecular complexity index is 367. The molecule has 0 aromatic heterocycles. The number of nitrogens with one attached hydrogen (secondary N) is 1. The minimum absolute atomic E-state index is 0.149. The van der Waals surface area contributed by atoms with Gasteiger partial charge in [-0.2, -0.15) is 0 Å². The van der Waals surface area contributed by atoms with E-state index in [9.17, 15) is 4.79 Å². The first-order valence-electron chi connectivity index (χ1n) is 8.04. The van der Waals surface area contributed by atoms with Gasteiger partial charge in [0.25, 0.3) is 0 Å². The van der Waals surface area contributed by atoms with E-state index in [0.29, 0.717) is 5.92 Å². The Morgan fingerprint density at radius 1 is 1.29 bits per heavy atom. The fraction of sp³-hybridized carbons (Fsp3) is 0.867. The van der Waals surface area contributed by atoms with Gasteiger partial charge in [-0.05, 0) is 26.2 Å². The molecule has 1 atom stereocenters. The van der Waals surface area contributed by atoms with E-state index in [1.54, 1.807) is 7.11 Å². The van der Waals surface area contributed by atoms with Crippen LogP contribution in [0.1, 0.15) is 26.2 Å². The van der Waals surface area contributed by atoms with Crippen molar-refractivity contribution in [3.8, 4) is 0 Å². The van der Waals surface area contributed by atoms with E-state index < -0.39 is 0 Å². The van der Waals surface area contributed by atoms with Gasteiger partial charge < -0.3 is 19.9 Å². The second-order valence-corrected chi connectivity index (χ2v) is 5.81. The maximum Gasteiger partial charge on any atom is 0.244 e. The fourth-order valence-corrected chi connectivity index (χ4v) is 3.03. The first-order chi connectivity index (χ1) is 10.2. The summed E-state index contributed by atoms with van der Waals surface area (Å²) in [4.78, 5) is 20.8. The molecule has 0 aromatic rings. The lowest BCUT2D eigenvalue weighted by Gasteiger charge is -2.22. The van der Waals surface area contributed by atoms with Crippen LogP contribution in [0.25, 0.3) is 0 Å². The van der Waals surface area contributed by atoms with E-state index in [-0.39, 0.29) is 12.5 Å². The Hall–Kier alpha value is -1.30. The second-order valence-electron chi connectivity index (χ2n) is 5.81. The Morgan fingerprint density at radius 2 is 2.05 bits per heavy atom. The molecule has 0 radical (unpaired) electrons. The van der Waals surface area contributed by atoms with E-state index in [4.69, 9.17) is 4.74 Å². The van der Waals surface area contributed by atoms with Gasteiger partial charge in [-0.3, -0.25) is 4.79 Å². The molecule has 0 bridgehead atoms. The Labute approximate surface area is 127 Å². The third kappa shape index (κ3) is 4.59. The lowest BCUT2D eigenvalue weighted by atomic mass is 10.1. The van der Waals surface area contributed by atoms with Crippen molar-refractivity contribution >= 4 is 11.9 Å². The molecule has 120 valence electrons. The van der Waals surface area contributed by atoms with Crippen LogP contribution < -0.4 is 5.32 Å². The summed E-state index contributed by atoms with van der Waals surface area (Å²) < 4.78 is 5.23. The van der Waals surface area contributed by atoms with Crippen molar-refractivity contribution in [3.05, 3.63) is 0 Å². The standard InChI is InChI=1S/C15H28N4O2/c1-3-16-15(19-9-6-13(11-19)12-21-2)17-10-14(20)18-7-4-5-8-18/h13H,3-12H2,1-2H3,(H,16,17). The fourth-order valence-electron chi connectivity index (χ4n) is 3.03. The van der Waals surface area contributed by atoms with Gasteiger partial charge in [0.15, 0.2) is 5.96 Å². The number of carbonyl (C=O) groups excluding carboxylic acids is 1. The first kappa shape index (κ1) is 16.1. The number of hydrogen-bond acceptors (Lipinski definition) is 3. The molecule has 0 aromatic carbocycles. The number of guanidine groups is 1. The maximum atomic E-state index is 12.1. The van der Waals surface area contributed by atoms with Crippen molar-refractivity contribution < 1.29 is 9.53 Å². The van der Waals surface area contributed by atoms with Gasteiger partial charge >= 0.3 is 0 Å². The normalized spacial score (nSPS) is 23.0. The molecule has 1 amide bonds. The van der Waals surface area contributed by atoms with Crippen LogP contribution >= 0.6 is 0 Å². The highest BCUT2D eigenvalue weighted by Crippen LogP contribution is 2.16. The molecule has 2 aliphatic rings. The Kier molecular flexibility index (Phi) is 6.29. The van der Waals surface area contributed by atoms with Gasteiger partial charge in [0.05, 0.1) is 6.61 Å². The van der Waals surface area contributed by atoms with Crippen LogP contribution in [0.5, 0.6) is 0 Å². The zero-order valence-corrected chi connectivity index (χ0v) is 13.3. The van der Waals surface area contributed by atoms with Gasteiger partial charge in [-0.25, -0.2) is 4.99 Å². The number of carbonyl (C=O) groups is 1. The van der Waals surface area contributed by atoms with E-state index in [1.165, 1.54) is 0 Å². The van der Waals surface area contributed by atoms with Crippen molar-refractivity contribution in [2.24, 2.45) is 10.9 Å².